The van der Waals surface area contributed by atoms with E-state index in [1.165, 1.54) is 13.2 Å². The molecule has 0 fully saturated rings. The van der Waals surface area contributed by atoms with Crippen molar-refractivity contribution < 1.29 is 27.9 Å². The highest BCUT2D eigenvalue weighted by Gasteiger charge is 2.13. The van der Waals surface area contributed by atoms with Crippen LogP contribution in [0.4, 0.5) is 10.1 Å². The molecule has 2 aromatic carbocycles. The fourth-order valence-corrected chi connectivity index (χ4v) is 2.78. The number of alkyl halides is 1. The van der Waals surface area contributed by atoms with Gasteiger partial charge in [0, 0.05) is 18.2 Å². The first-order chi connectivity index (χ1) is 14.4. The summed E-state index contributed by atoms with van der Waals surface area (Å²) in [5.41, 5.74) is 2.48. The van der Waals surface area contributed by atoms with Gasteiger partial charge in [-0.2, -0.15) is 0 Å². The van der Waals surface area contributed by atoms with Gasteiger partial charge in [0.25, 0.3) is 5.91 Å². The minimum Gasteiger partial charge on any atom is -0.466 e. The number of anilines is 1. The number of furan rings is 1. The van der Waals surface area contributed by atoms with Crippen molar-refractivity contribution in [3.05, 3.63) is 72.0 Å². The van der Waals surface area contributed by atoms with Crippen molar-refractivity contribution >= 4 is 17.6 Å². The van der Waals surface area contributed by atoms with Gasteiger partial charge in [-0.3, -0.25) is 9.59 Å². The monoisotopic (exact) mass is 411 g/mol. The molecule has 30 heavy (non-hydrogen) atoms. The number of hydrogen-bond acceptors (Lipinski definition) is 5. The first-order valence-corrected chi connectivity index (χ1v) is 9.50. The van der Waals surface area contributed by atoms with Gasteiger partial charge in [-0.15, -0.1) is 0 Å². The highest BCUT2D eigenvalue weighted by Crippen LogP contribution is 2.25. The maximum Gasteiger partial charge on any atom is 0.310 e. The van der Waals surface area contributed by atoms with Gasteiger partial charge < -0.3 is 19.2 Å². The largest absolute Gasteiger partial charge is 0.466 e. The number of nitrogens with one attached hydrogen (secondary N) is 1. The Morgan fingerprint density at radius 2 is 1.80 bits per heavy atom. The standard InChI is InChI=1S/C23H22FNO5/c1-3-28-22(26)12-16-4-8-19(9-5-16)25-23(27)18-13-21(29-14-18)17-6-10-20(11-7-17)30-15(2)24/h4-11,13-15H,3,12H2,1-2H3,(H,25,27). The summed E-state index contributed by atoms with van der Waals surface area (Å²) in [5, 5.41) is 2.78. The van der Waals surface area contributed by atoms with E-state index in [0.717, 1.165) is 11.1 Å². The maximum absolute atomic E-state index is 12.9. The van der Waals surface area contributed by atoms with Crippen LogP contribution < -0.4 is 10.1 Å². The second-order valence-corrected chi connectivity index (χ2v) is 6.52. The zero-order valence-corrected chi connectivity index (χ0v) is 16.7. The minimum atomic E-state index is -1.39. The van der Waals surface area contributed by atoms with Gasteiger partial charge in [-0.25, -0.2) is 4.39 Å². The summed E-state index contributed by atoms with van der Waals surface area (Å²) in [6, 6.07) is 15.3. The van der Waals surface area contributed by atoms with E-state index < -0.39 is 6.36 Å². The quantitative estimate of drug-likeness (QED) is 0.528. The van der Waals surface area contributed by atoms with Gasteiger partial charge in [0.05, 0.1) is 18.6 Å². The topological polar surface area (TPSA) is 77.8 Å². The molecule has 0 aliphatic rings. The molecule has 1 aromatic heterocycles. The molecule has 0 saturated carbocycles. The maximum atomic E-state index is 12.9. The molecule has 3 rings (SSSR count). The lowest BCUT2D eigenvalue weighted by Gasteiger charge is -2.06. The molecule has 1 heterocycles. The van der Waals surface area contributed by atoms with E-state index in [1.54, 1.807) is 61.5 Å². The lowest BCUT2D eigenvalue weighted by Crippen LogP contribution is -2.11. The Hall–Kier alpha value is -3.61. The third kappa shape index (κ3) is 5.70. The fraction of sp³-hybridized carbons (Fsp3) is 0.217. The van der Waals surface area contributed by atoms with Crippen molar-refractivity contribution in [3.63, 3.8) is 0 Å². The minimum absolute atomic E-state index is 0.182. The first kappa shape index (κ1) is 21.1. The van der Waals surface area contributed by atoms with Crippen LogP contribution in [0.1, 0.15) is 29.8 Å². The van der Waals surface area contributed by atoms with E-state index in [0.29, 0.717) is 29.4 Å². The molecule has 0 aliphatic carbocycles. The molecule has 1 amide bonds. The SMILES string of the molecule is CCOC(=O)Cc1ccc(NC(=O)c2coc(-c3ccc(OC(C)F)cc3)c2)cc1. The molecular formula is C23H22FNO5. The predicted molar refractivity (Wildman–Crippen MR) is 110 cm³/mol. The Bertz CT molecular complexity index is 993. The van der Waals surface area contributed by atoms with E-state index >= 15 is 0 Å². The van der Waals surface area contributed by atoms with Crippen molar-refractivity contribution in [2.45, 2.75) is 26.6 Å². The van der Waals surface area contributed by atoms with Crippen LogP contribution in [0.25, 0.3) is 11.3 Å². The van der Waals surface area contributed by atoms with E-state index in [-0.39, 0.29) is 18.3 Å². The summed E-state index contributed by atoms with van der Waals surface area (Å²) in [5.74, 6) is 0.294. The Balaban J connectivity index is 1.61. The summed E-state index contributed by atoms with van der Waals surface area (Å²) in [7, 11) is 0. The number of hydrogen-bond donors (Lipinski definition) is 1. The van der Waals surface area contributed by atoms with E-state index in [9.17, 15) is 14.0 Å². The second-order valence-electron chi connectivity index (χ2n) is 6.52. The predicted octanol–water partition coefficient (Wildman–Crippen LogP) is 5.00. The van der Waals surface area contributed by atoms with Gasteiger partial charge in [0.15, 0.2) is 0 Å². The molecule has 1 atom stereocenters. The molecule has 0 saturated heterocycles. The van der Waals surface area contributed by atoms with E-state index in [1.807, 2.05) is 0 Å². The second kappa shape index (κ2) is 9.73. The number of halogens is 1. The number of rotatable bonds is 8. The summed E-state index contributed by atoms with van der Waals surface area (Å²) >= 11 is 0. The fourth-order valence-electron chi connectivity index (χ4n) is 2.78. The van der Waals surface area contributed by atoms with Crippen LogP contribution in [0.5, 0.6) is 5.75 Å². The van der Waals surface area contributed by atoms with Crippen LogP contribution in [0, 0.1) is 0 Å². The van der Waals surface area contributed by atoms with Gasteiger partial charge in [0.1, 0.15) is 17.8 Å². The van der Waals surface area contributed by atoms with Crippen LogP contribution in [0.2, 0.25) is 0 Å². The molecule has 6 nitrogen and oxygen atoms in total. The van der Waals surface area contributed by atoms with E-state index in [4.69, 9.17) is 13.9 Å². The number of amides is 1. The normalized spacial score (nSPS) is 11.6. The molecule has 0 bridgehead atoms. The van der Waals surface area contributed by atoms with Crippen molar-refractivity contribution in [2.24, 2.45) is 0 Å². The smallest absolute Gasteiger partial charge is 0.310 e. The molecule has 0 aliphatic heterocycles. The summed E-state index contributed by atoms with van der Waals surface area (Å²) < 4.78 is 28.3. The highest BCUT2D eigenvalue weighted by molar-refractivity contribution is 6.04. The Kier molecular flexibility index (Phi) is 6.85. The third-order valence-corrected chi connectivity index (χ3v) is 4.16. The first-order valence-electron chi connectivity index (χ1n) is 9.50. The summed E-state index contributed by atoms with van der Waals surface area (Å²) in [6.07, 6.45) is 0.156. The number of carbonyl (C=O) groups excluding carboxylic acids is 2. The molecular weight excluding hydrogens is 389 g/mol. The van der Waals surface area contributed by atoms with E-state index in [2.05, 4.69) is 5.32 Å². The third-order valence-electron chi connectivity index (χ3n) is 4.16. The zero-order valence-electron chi connectivity index (χ0n) is 16.7. The molecule has 7 heteroatoms. The molecule has 0 radical (unpaired) electrons. The Morgan fingerprint density at radius 1 is 1.10 bits per heavy atom. The van der Waals surface area contributed by atoms with Crippen LogP contribution >= 0.6 is 0 Å². The average molecular weight is 411 g/mol. The van der Waals surface area contributed by atoms with Crippen LogP contribution in [0.3, 0.4) is 0 Å². The summed E-state index contributed by atoms with van der Waals surface area (Å²) in [6.45, 7) is 3.40. The van der Waals surface area contributed by atoms with Gasteiger partial charge in [-0.1, -0.05) is 12.1 Å². The molecule has 1 unspecified atom stereocenters. The van der Waals surface area contributed by atoms with Gasteiger partial charge >= 0.3 is 5.97 Å². The van der Waals surface area contributed by atoms with Crippen molar-refractivity contribution in [1.29, 1.82) is 0 Å². The number of esters is 1. The molecule has 3 aromatic rings. The lowest BCUT2D eigenvalue weighted by atomic mass is 10.1. The van der Waals surface area contributed by atoms with Crippen molar-refractivity contribution in [2.75, 3.05) is 11.9 Å². The van der Waals surface area contributed by atoms with Gasteiger partial charge in [-0.05, 0) is 55.0 Å². The summed E-state index contributed by atoms with van der Waals surface area (Å²) in [4.78, 5) is 24.0. The average Bonchev–Trinajstić information content (AvgIpc) is 3.20. The van der Waals surface area contributed by atoms with Crippen LogP contribution in [0.15, 0.2) is 65.3 Å². The van der Waals surface area contributed by atoms with Crippen molar-refractivity contribution in [1.82, 2.24) is 0 Å². The number of benzene rings is 2. The van der Waals surface area contributed by atoms with Crippen LogP contribution in [-0.2, 0) is 16.0 Å². The van der Waals surface area contributed by atoms with Crippen LogP contribution in [-0.4, -0.2) is 24.8 Å². The zero-order chi connectivity index (χ0) is 21.5. The number of carbonyl (C=O) groups is 2. The lowest BCUT2D eigenvalue weighted by molar-refractivity contribution is -0.142. The Morgan fingerprint density at radius 3 is 2.43 bits per heavy atom. The Labute approximate surface area is 173 Å². The number of ether oxygens (including phenoxy) is 2. The highest BCUT2D eigenvalue weighted by atomic mass is 19.1. The van der Waals surface area contributed by atoms with Crippen molar-refractivity contribution in [3.8, 4) is 17.1 Å². The molecule has 1 N–H and O–H groups in total. The molecule has 0 spiro atoms. The van der Waals surface area contributed by atoms with Gasteiger partial charge in [0.2, 0.25) is 6.36 Å². The molecule has 156 valence electrons.